The second-order valence-electron chi connectivity index (χ2n) is 5.48. The van der Waals surface area contributed by atoms with E-state index in [1.807, 2.05) is 11.8 Å². The maximum Gasteiger partial charge on any atom is 0.254 e. The molecule has 4 nitrogen and oxygen atoms in total. The molecule has 2 rings (SSSR count). The molecule has 2 amide bonds. The summed E-state index contributed by atoms with van der Waals surface area (Å²) in [5.41, 5.74) is 7.15. The van der Waals surface area contributed by atoms with E-state index in [0.717, 1.165) is 37.8 Å². The van der Waals surface area contributed by atoms with Crippen molar-refractivity contribution in [1.29, 1.82) is 0 Å². The third kappa shape index (κ3) is 2.84. The van der Waals surface area contributed by atoms with Crippen LogP contribution in [0.1, 0.15) is 58.9 Å². The maximum absolute atomic E-state index is 12.6. The highest BCUT2D eigenvalue weighted by Gasteiger charge is 2.28. The number of nitrogens with two attached hydrogens (primary N) is 1. The first-order valence-corrected chi connectivity index (χ1v) is 7.26. The van der Waals surface area contributed by atoms with Crippen LogP contribution < -0.4 is 5.73 Å². The molecule has 0 unspecified atom stereocenters. The molecule has 0 radical (unpaired) electrons. The van der Waals surface area contributed by atoms with E-state index in [2.05, 4.69) is 6.92 Å². The van der Waals surface area contributed by atoms with Crippen LogP contribution in [0, 0.1) is 6.92 Å². The van der Waals surface area contributed by atoms with Gasteiger partial charge in [0.2, 0.25) is 5.91 Å². The van der Waals surface area contributed by atoms with E-state index in [-0.39, 0.29) is 5.91 Å². The quantitative estimate of drug-likeness (QED) is 0.916. The number of nitrogens with zero attached hydrogens (tertiary/aromatic N) is 1. The number of hydrogen-bond acceptors (Lipinski definition) is 2. The van der Waals surface area contributed by atoms with Gasteiger partial charge in [-0.05, 0) is 43.9 Å². The standard InChI is InChI=1S/C16H22N2O2/c1-3-5-13-6-4-9-18(13)16(20)12-8-7-11(2)14(10-12)15(17)19/h7-8,10,13H,3-6,9H2,1-2H3,(H2,17,19)/t13-/m0/s1. The van der Waals surface area contributed by atoms with Gasteiger partial charge in [0.15, 0.2) is 0 Å². The number of carbonyl (C=O) groups is 2. The second-order valence-corrected chi connectivity index (χ2v) is 5.48. The first-order valence-electron chi connectivity index (χ1n) is 7.26. The Hall–Kier alpha value is -1.84. The van der Waals surface area contributed by atoms with Gasteiger partial charge in [-0.25, -0.2) is 0 Å². The maximum atomic E-state index is 12.6. The van der Waals surface area contributed by atoms with Gasteiger partial charge in [0.05, 0.1) is 0 Å². The largest absolute Gasteiger partial charge is 0.366 e. The number of primary amides is 1. The topological polar surface area (TPSA) is 63.4 Å². The number of hydrogen-bond donors (Lipinski definition) is 1. The lowest BCUT2D eigenvalue weighted by molar-refractivity contribution is 0.0730. The molecule has 20 heavy (non-hydrogen) atoms. The van der Waals surface area contributed by atoms with E-state index in [0.29, 0.717) is 17.2 Å². The summed E-state index contributed by atoms with van der Waals surface area (Å²) in [5, 5.41) is 0. The van der Waals surface area contributed by atoms with Crippen molar-refractivity contribution < 1.29 is 9.59 Å². The Bertz CT molecular complexity index is 525. The molecule has 0 aromatic heterocycles. The molecule has 1 aromatic rings. The van der Waals surface area contributed by atoms with Gasteiger partial charge < -0.3 is 10.6 Å². The third-order valence-corrected chi connectivity index (χ3v) is 4.01. The Balaban J connectivity index is 2.25. The summed E-state index contributed by atoms with van der Waals surface area (Å²) in [6.45, 7) is 4.77. The number of benzene rings is 1. The van der Waals surface area contributed by atoms with Crippen molar-refractivity contribution in [2.45, 2.75) is 45.6 Å². The SMILES string of the molecule is CCC[C@H]1CCCN1C(=O)c1ccc(C)c(C(N)=O)c1. The number of aryl methyl sites for hydroxylation is 1. The van der Waals surface area contributed by atoms with Crippen LogP contribution in [0.3, 0.4) is 0 Å². The van der Waals surface area contributed by atoms with Crippen LogP contribution in [0.5, 0.6) is 0 Å². The van der Waals surface area contributed by atoms with Gasteiger partial charge in [-0.1, -0.05) is 19.4 Å². The first-order chi connectivity index (χ1) is 9.54. The molecule has 0 saturated carbocycles. The molecular formula is C16H22N2O2. The molecular weight excluding hydrogens is 252 g/mol. The second kappa shape index (κ2) is 6.07. The number of amides is 2. The van der Waals surface area contributed by atoms with Crippen molar-refractivity contribution in [3.05, 3.63) is 34.9 Å². The minimum absolute atomic E-state index is 0.0171. The van der Waals surface area contributed by atoms with E-state index in [4.69, 9.17) is 5.73 Å². The van der Waals surface area contributed by atoms with Crippen LogP contribution in [0.2, 0.25) is 0 Å². The lowest BCUT2D eigenvalue weighted by Gasteiger charge is -2.24. The number of likely N-dealkylation sites (tertiary alicyclic amines) is 1. The zero-order valence-electron chi connectivity index (χ0n) is 12.2. The number of carbonyl (C=O) groups excluding carboxylic acids is 2. The minimum Gasteiger partial charge on any atom is -0.366 e. The van der Waals surface area contributed by atoms with E-state index < -0.39 is 5.91 Å². The molecule has 0 spiro atoms. The van der Waals surface area contributed by atoms with Crippen LogP contribution >= 0.6 is 0 Å². The van der Waals surface area contributed by atoms with Crippen LogP contribution in [0.25, 0.3) is 0 Å². The fourth-order valence-electron chi connectivity index (χ4n) is 2.92. The third-order valence-electron chi connectivity index (χ3n) is 4.01. The van der Waals surface area contributed by atoms with Gasteiger partial charge in [0.1, 0.15) is 0 Å². The fraction of sp³-hybridized carbons (Fsp3) is 0.500. The zero-order valence-corrected chi connectivity index (χ0v) is 12.2. The smallest absolute Gasteiger partial charge is 0.254 e. The molecule has 0 aliphatic carbocycles. The van der Waals surface area contributed by atoms with Crippen molar-refractivity contribution >= 4 is 11.8 Å². The predicted molar refractivity (Wildman–Crippen MR) is 78.7 cm³/mol. The summed E-state index contributed by atoms with van der Waals surface area (Å²) >= 11 is 0. The molecule has 2 N–H and O–H groups in total. The van der Waals surface area contributed by atoms with Crippen molar-refractivity contribution in [3.63, 3.8) is 0 Å². The van der Waals surface area contributed by atoms with Crippen molar-refractivity contribution in [2.24, 2.45) is 5.73 Å². The average Bonchev–Trinajstić information content (AvgIpc) is 2.87. The highest BCUT2D eigenvalue weighted by molar-refractivity contribution is 6.00. The van der Waals surface area contributed by atoms with Crippen molar-refractivity contribution in [1.82, 2.24) is 4.90 Å². The average molecular weight is 274 g/mol. The Morgan fingerprint density at radius 1 is 1.40 bits per heavy atom. The molecule has 4 heteroatoms. The summed E-state index contributed by atoms with van der Waals surface area (Å²) < 4.78 is 0. The fourth-order valence-corrected chi connectivity index (χ4v) is 2.92. The lowest BCUT2D eigenvalue weighted by atomic mass is 10.0. The first kappa shape index (κ1) is 14.6. The Kier molecular flexibility index (Phi) is 4.42. The van der Waals surface area contributed by atoms with Crippen LogP contribution in [0.15, 0.2) is 18.2 Å². The van der Waals surface area contributed by atoms with E-state index in [1.54, 1.807) is 18.2 Å². The molecule has 1 fully saturated rings. The Labute approximate surface area is 119 Å². The van der Waals surface area contributed by atoms with Crippen LogP contribution in [0.4, 0.5) is 0 Å². The monoisotopic (exact) mass is 274 g/mol. The molecule has 1 atom stereocenters. The lowest BCUT2D eigenvalue weighted by Crippen LogP contribution is -2.35. The highest BCUT2D eigenvalue weighted by atomic mass is 16.2. The molecule has 0 bridgehead atoms. The molecule has 1 heterocycles. The zero-order chi connectivity index (χ0) is 14.7. The van der Waals surface area contributed by atoms with Crippen LogP contribution in [-0.4, -0.2) is 29.3 Å². The molecule has 1 aromatic carbocycles. The van der Waals surface area contributed by atoms with Gasteiger partial charge in [-0.15, -0.1) is 0 Å². The van der Waals surface area contributed by atoms with Crippen molar-refractivity contribution in [3.8, 4) is 0 Å². The van der Waals surface area contributed by atoms with Crippen LogP contribution in [-0.2, 0) is 0 Å². The Morgan fingerprint density at radius 3 is 2.80 bits per heavy atom. The van der Waals surface area contributed by atoms with E-state index >= 15 is 0 Å². The summed E-state index contributed by atoms with van der Waals surface area (Å²) in [4.78, 5) is 25.9. The van der Waals surface area contributed by atoms with E-state index in [9.17, 15) is 9.59 Å². The van der Waals surface area contributed by atoms with Gasteiger partial charge in [0, 0.05) is 23.7 Å². The van der Waals surface area contributed by atoms with Gasteiger partial charge in [-0.3, -0.25) is 9.59 Å². The molecule has 1 saturated heterocycles. The Morgan fingerprint density at radius 2 is 2.15 bits per heavy atom. The van der Waals surface area contributed by atoms with Gasteiger partial charge >= 0.3 is 0 Å². The summed E-state index contributed by atoms with van der Waals surface area (Å²) in [6.07, 6.45) is 4.26. The highest BCUT2D eigenvalue weighted by Crippen LogP contribution is 2.24. The summed E-state index contributed by atoms with van der Waals surface area (Å²) in [5.74, 6) is -0.466. The van der Waals surface area contributed by atoms with Gasteiger partial charge in [-0.2, -0.15) is 0 Å². The molecule has 1 aliphatic heterocycles. The van der Waals surface area contributed by atoms with Gasteiger partial charge in [0.25, 0.3) is 5.91 Å². The summed E-state index contributed by atoms with van der Waals surface area (Å²) in [6, 6.07) is 5.54. The molecule has 108 valence electrons. The predicted octanol–water partition coefficient (Wildman–Crippen LogP) is 2.50. The summed E-state index contributed by atoms with van der Waals surface area (Å²) in [7, 11) is 0. The minimum atomic E-state index is -0.483. The van der Waals surface area contributed by atoms with E-state index in [1.165, 1.54) is 0 Å². The normalized spacial score (nSPS) is 18.3. The number of rotatable bonds is 4. The molecule has 1 aliphatic rings. The van der Waals surface area contributed by atoms with Crippen molar-refractivity contribution in [2.75, 3.05) is 6.54 Å².